The van der Waals surface area contributed by atoms with Gasteiger partial charge in [-0.15, -0.1) is 5.10 Å². The average molecular weight is 405 g/mol. The lowest BCUT2D eigenvalue weighted by molar-refractivity contribution is 0.185. The van der Waals surface area contributed by atoms with E-state index < -0.39 is 5.82 Å². The largest absolute Gasteiger partial charge is 0.486 e. The van der Waals surface area contributed by atoms with Gasteiger partial charge in [-0.1, -0.05) is 0 Å². The summed E-state index contributed by atoms with van der Waals surface area (Å²) in [6.45, 7) is 2.21. The number of tetrazole rings is 1. The molecular formula is C19H16FN9O. The maximum absolute atomic E-state index is 14.4. The van der Waals surface area contributed by atoms with E-state index in [0.717, 1.165) is 16.8 Å². The lowest BCUT2D eigenvalue weighted by Crippen LogP contribution is -2.20. The van der Waals surface area contributed by atoms with E-state index in [1.807, 2.05) is 23.6 Å². The van der Waals surface area contributed by atoms with Crippen molar-refractivity contribution in [3.63, 3.8) is 0 Å². The van der Waals surface area contributed by atoms with Crippen LogP contribution in [0.3, 0.4) is 0 Å². The molecule has 0 spiro atoms. The number of aromatic nitrogens is 9. The topological polar surface area (TPSA) is 112 Å². The van der Waals surface area contributed by atoms with E-state index in [-0.39, 0.29) is 11.9 Å². The molecule has 5 aromatic rings. The molecule has 0 saturated carbocycles. The minimum atomic E-state index is -0.452. The third kappa shape index (κ3) is 3.36. The Hall–Kier alpha value is -4.15. The molecule has 0 aliphatic carbocycles. The number of aromatic amines is 1. The Morgan fingerprint density at radius 2 is 2.13 bits per heavy atom. The Morgan fingerprint density at radius 3 is 2.93 bits per heavy atom. The third-order valence-electron chi connectivity index (χ3n) is 4.55. The summed E-state index contributed by atoms with van der Waals surface area (Å²) in [7, 11) is 0. The highest BCUT2D eigenvalue weighted by atomic mass is 19.1. The number of fused-ring (bicyclic) bond motifs is 1. The number of hydrogen-bond acceptors (Lipinski definition) is 7. The van der Waals surface area contributed by atoms with Crippen LogP contribution < -0.4 is 4.74 Å². The molecular weight excluding hydrogens is 389 g/mol. The lowest BCUT2D eigenvalue weighted by atomic mass is 10.1. The van der Waals surface area contributed by atoms with Gasteiger partial charge in [0, 0.05) is 11.8 Å². The fourth-order valence-electron chi connectivity index (χ4n) is 3.15. The van der Waals surface area contributed by atoms with Crippen molar-refractivity contribution in [1.29, 1.82) is 0 Å². The van der Waals surface area contributed by atoms with Crippen molar-refractivity contribution in [2.24, 2.45) is 0 Å². The van der Waals surface area contributed by atoms with E-state index in [2.05, 4.69) is 30.7 Å². The SMILES string of the molecule is C[C@@H](Cn1cnnn1)Oc1cc(-c2ccc3ncn(-c4cn[nH]c4)c3n2)ccc1F. The molecule has 0 aliphatic heterocycles. The molecule has 1 N–H and O–H groups in total. The molecule has 10 nitrogen and oxygen atoms in total. The van der Waals surface area contributed by atoms with Crippen LogP contribution in [0.4, 0.5) is 4.39 Å². The maximum atomic E-state index is 14.4. The van der Waals surface area contributed by atoms with Crippen LogP contribution in [0, 0.1) is 5.82 Å². The van der Waals surface area contributed by atoms with Crippen LogP contribution in [0.2, 0.25) is 0 Å². The molecule has 0 radical (unpaired) electrons. The van der Waals surface area contributed by atoms with E-state index in [0.29, 0.717) is 17.9 Å². The number of hydrogen-bond donors (Lipinski definition) is 1. The van der Waals surface area contributed by atoms with Gasteiger partial charge in [0.1, 0.15) is 24.3 Å². The summed E-state index contributed by atoms with van der Waals surface area (Å²) in [4.78, 5) is 9.09. The molecule has 150 valence electrons. The number of benzene rings is 1. The second-order valence-electron chi connectivity index (χ2n) is 6.72. The van der Waals surface area contributed by atoms with Crippen LogP contribution in [0.25, 0.3) is 28.1 Å². The molecule has 30 heavy (non-hydrogen) atoms. The fraction of sp³-hybridized carbons (Fsp3) is 0.158. The second kappa shape index (κ2) is 7.35. The summed E-state index contributed by atoms with van der Waals surface area (Å²) in [5, 5.41) is 17.7. The number of nitrogens with zero attached hydrogens (tertiary/aromatic N) is 8. The standard InChI is InChI=1S/C19H16FN9O/c1-12(9-28-11-24-26-27-28)30-18-6-13(2-3-15(18)20)16-4-5-17-19(25-16)29(10-21-17)14-7-22-23-8-14/h2-8,10-12H,9H2,1H3,(H,22,23)/t12-/m0/s1. The smallest absolute Gasteiger partial charge is 0.165 e. The van der Waals surface area contributed by atoms with Crippen molar-refractivity contribution < 1.29 is 9.13 Å². The Bertz CT molecular complexity index is 1280. The van der Waals surface area contributed by atoms with Gasteiger partial charge in [-0.3, -0.25) is 9.67 Å². The quantitative estimate of drug-likeness (QED) is 0.462. The molecule has 5 rings (SSSR count). The number of ether oxygens (including phenoxy) is 1. The van der Waals surface area contributed by atoms with E-state index in [4.69, 9.17) is 9.72 Å². The van der Waals surface area contributed by atoms with E-state index in [1.165, 1.54) is 17.1 Å². The van der Waals surface area contributed by atoms with Crippen molar-refractivity contribution in [1.82, 2.24) is 44.9 Å². The highest BCUT2D eigenvalue weighted by Crippen LogP contribution is 2.28. The Morgan fingerprint density at radius 1 is 1.20 bits per heavy atom. The lowest BCUT2D eigenvalue weighted by Gasteiger charge is -2.15. The molecule has 1 atom stereocenters. The van der Waals surface area contributed by atoms with E-state index in [9.17, 15) is 4.39 Å². The molecule has 0 bridgehead atoms. The first-order valence-corrected chi connectivity index (χ1v) is 9.18. The molecule has 0 fully saturated rings. The average Bonchev–Trinajstić information content (AvgIpc) is 3.50. The van der Waals surface area contributed by atoms with Gasteiger partial charge in [-0.2, -0.15) is 5.10 Å². The maximum Gasteiger partial charge on any atom is 0.165 e. The number of pyridine rings is 1. The predicted molar refractivity (Wildman–Crippen MR) is 104 cm³/mol. The van der Waals surface area contributed by atoms with Gasteiger partial charge in [-0.05, 0) is 47.7 Å². The molecule has 4 heterocycles. The minimum Gasteiger partial charge on any atom is -0.486 e. The Balaban J connectivity index is 1.46. The predicted octanol–water partition coefficient (Wildman–Crippen LogP) is 2.40. The van der Waals surface area contributed by atoms with Gasteiger partial charge in [0.15, 0.2) is 17.2 Å². The van der Waals surface area contributed by atoms with Crippen molar-refractivity contribution in [2.75, 3.05) is 0 Å². The highest BCUT2D eigenvalue weighted by molar-refractivity contribution is 5.77. The summed E-state index contributed by atoms with van der Waals surface area (Å²) in [6.07, 6.45) is 6.27. The normalized spacial score (nSPS) is 12.3. The van der Waals surface area contributed by atoms with Gasteiger partial charge in [0.2, 0.25) is 0 Å². The zero-order valence-electron chi connectivity index (χ0n) is 15.8. The second-order valence-corrected chi connectivity index (χ2v) is 6.72. The van der Waals surface area contributed by atoms with Crippen molar-refractivity contribution in [3.05, 3.63) is 61.2 Å². The molecule has 0 saturated heterocycles. The summed E-state index contributed by atoms with van der Waals surface area (Å²) in [6, 6.07) is 8.39. The van der Waals surface area contributed by atoms with Gasteiger partial charge < -0.3 is 4.74 Å². The first kappa shape index (κ1) is 17.9. The zero-order chi connectivity index (χ0) is 20.5. The van der Waals surface area contributed by atoms with Crippen LogP contribution in [-0.2, 0) is 6.54 Å². The van der Waals surface area contributed by atoms with E-state index >= 15 is 0 Å². The van der Waals surface area contributed by atoms with Crippen LogP contribution >= 0.6 is 0 Å². The monoisotopic (exact) mass is 405 g/mol. The van der Waals surface area contributed by atoms with Gasteiger partial charge in [0.05, 0.1) is 24.1 Å². The fourth-order valence-corrected chi connectivity index (χ4v) is 3.15. The van der Waals surface area contributed by atoms with Gasteiger partial charge in [0.25, 0.3) is 0 Å². The summed E-state index contributed by atoms with van der Waals surface area (Å²) in [5.41, 5.74) is 3.64. The first-order chi connectivity index (χ1) is 14.7. The van der Waals surface area contributed by atoms with Gasteiger partial charge in [-0.25, -0.2) is 19.0 Å². The Kier molecular flexibility index (Phi) is 4.39. The molecule has 4 aromatic heterocycles. The number of nitrogens with one attached hydrogen (secondary N) is 1. The van der Waals surface area contributed by atoms with Crippen LogP contribution in [0.1, 0.15) is 6.92 Å². The number of H-pyrrole nitrogens is 1. The number of imidazole rings is 1. The summed E-state index contributed by atoms with van der Waals surface area (Å²) >= 11 is 0. The van der Waals surface area contributed by atoms with Crippen molar-refractivity contribution in [3.8, 4) is 22.7 Å². The van der Waals surface area contributed by atoms with Crippen molar-refractivity contribution in [2.45, 2.75) is 19.6 Å². The zero-order valence-corrected chi connectivity index (χ0v) is 15.8. The summed E-state index contributed by atoms with van der Waals surface area (Å²) in [5.74, 6) is -0.315. The van der Waals surface area contributed by atoms with Crippen molar-refractivity contribution >= 4 is 11.2 Å². The van der Waals surface area contributed by atoms with Crippen LogP contribution in [-0.4, -0.2) is 51.0 Å². The number of rotatable bonds is 6. The first-order valence-electron chi connectivity index (χ1n) is 9.18. The van der Waals surface area contributed by atoms with Crippen LogP contribution in [0.5, 0.6) is 5.75 Å². The highest BCUT2D eigenvalue weighted by Gasteiger charge is 2.14. The van der Waals surface area contributed by atoms with Crippen LogP contribution in [0.15, 0.2) is 55.4 Å². The van der Waals surface area contributed by atoms with E-state index in [1.54, 1.807) is 30.9 Å². The molecule has 0 aliphatic rings. The summed E-state index contributed by atoms with van der Waals surface area (Å²) < 4.78 is 23.5. The third-order valence-corrected chi connectivity index (χ3v) is 4.55. The molecule has 0 amide bonds. The Labute approximate surface area is 169 Å². The number of halogens is 1. The van der Waals surface area contributed by atoms with Gasteiger partial charge >= 0.3 is 0 Å². The minimum absolute atomic E-state index is 0.137. The molecule has 0 unspecified atom stereocenters. The molecule has 11 heteroatoms. The molecule has 1 aromatic carbocycles.